The number of amides is 1. The third-order valence-corrected chi connectivity index (χ3v) is 4.88. The number of benzene rings is 1. The minimum absolute atomic E-state index is 0.000343. The van der Waals surface area contributed by atoms with E-state index in [1.165, 1.54) is 19.1 Å². The van der Waals surface area contributed by atoms with Crippen molar-refractivity contribution >= 4 is 23.8 Å². The number of nitrogens with zero attached hydrogens (tertiary/aromatic N) is 1. The zero-order chi connectivity index (χ0) is 18.8. The monoisotopic (exact) mass is 361 g/mol. The summed E-state index contributed by atoms with van der Waals surface area (Å²) in [6.45, 7) is -0.000343. The van der Waals surface area contributed by atoms with Gasteiger partial charge in [-0.25, -0.2) is 4.79 Å². The van der Waals surface area contributed by atoms with Crippen LogP contribution in [0.1, 0.15) is 12.0 Å². The molecule has 0 saturated carbocycles. The molecule has 2 heterocycles. The Morgan fingerprint density at radius 1 is 1.00 bits per heavy atom. The highest BCUT2D eigenvalue weighted by Crippen LogP contribution is 2.45. The van der Waals surface area contributed by atoms with Gasteiger partial charge in [0.05, 0.1) is 26.2 Å². The largest absolute Gasteiger partial charge is 0.469 e. The number of esters is 3. The fourth-order valence-electron chi connectivity index (χ4n) is 3.65. The molecule has 1 aromatic rings. The average molecular weight is 361 g/mol. The van der Waals surface area contributed by atoms with E-state index in [0.717, 1.165) is 5.56 Å². The second kappa shape index (κ2) is 7.15. The second-order valence-electron chi connectivity index (χ2n) is 6.21. The Bertz CT molecular complexity index is 732. The normalized spacial score (nSPS) is 26.5. The highest BCUT2D eigenvalue weighted by atomic mass is 16.5. The maximum Gasteiger partial charge on any atom is 0.330 e. The summed E-state index contributed by atoms with van der Waals surface area (Å²) in [5.74, 6) is -4.54. The Labute approximate surface area is 150 Å². The average Bonchev–Trinajstić information content (AvgIpc) is 2.94. The quantitative estimate of drug-likeness (QED) is 0.422. The van der Waals surface area contributed by atoms with Gasteiger partial charge in [0.2, 0.25) is 5.91 Å². The number of carbonyl (C=O) groups excluding carboxylic acids is 4. The van der Waals surface area contributed by atoms with Crippen LogP contribution < -0.4 is 0 Å². The molecule has 0 N–H and O–H groups in total. The summed E-state index contributed by atoms with van der Waals surface area (Å²) in [4.78, 5) is 50.4. The first-order chi connectivity index (χ1) is 12.5. The van der Waals surface area contributed by atoms with Crippen LogP contribution in [0.3, 0.4) is 0 Å². The van der Waals surface area contributed by atoms with Gasteiger partial charge in [0, 0.05) is 6.42 Å². The number of methoxy groups -OCH3 is 2. The van der Waals surface area contributed by atoms with Gasteiger partial charge in [0.15, 0.2) is 0 Å². The van der Waals surface area contributed by atoms with Crippen molar-refractivity contribution in [3.05, 3.63) is 35.9 Å². The molecular weight excluding hydrogens is 342 g/mol. The van der Waals surface area contributed by atoms with E-state index in [-0.39, 0.29) is 18.9 Å². The lowest BCUT2D eigenvalue weighted by Gasteiger charge is -2.38. The molecule has 2 fully saturated rings. The van der Waals surface area contributed by atoms with Crippen LogP contribution in [-0.4, -0.2) is 55.0 Å². The molecular formula is C18H19NO7. The molecule has 0 spiro atoms. The van der Waals surface area contributed by atoms with Crippen molar-refractivity contribution in [3.63, 3.8) is 0 Å². The minimum atomic E-state index is -1.19. The molecule has 2 aliphatic rings. The van der Waals surface area contributed by atoms with Gasteiger partial charge in [0.1, 0.15) is 18.6 Å². The lowest BCUT2D eigenvalue weighted by Crippen LogP contribution is -2.56. The molecule has 0 radical (unpaired) electrons. The Balaban J connectivity index is 1.84. The summed E-state index contributed by atoms with van der Waals surface area (Å²) in [6.07, 6.45) is 0.0791. The van der Waals surface area contributed by atoms with E-state index >= 15 is 0 Å². The summed E-state index contributed by atoms with van der Waals surface area (Å²) in [5.41, 5.74) is 0.768. The van der Waals surface area contributed by atoms with Gasteiger partial charge in [-0.2, -0.15) is 0 Å². The smallest absolute Gasteiger partial charge is 0.330 e. The first kappa shape index (κ1) is 17.9. The summed E-state index contributed by atoms with van der Waals surface area (Å²) in [7, 11) is 2.36. The topological polar surface area (TPSA) is 99.2 Å². The van der Waals surface area contributed by atoms with Gasteiger partial charge in [-0.15, -0.1) is 0 Å². The van der Waals surface area contributed by atoms with Gasteiger partial charge in [-0.05, 0) is 5.56 Å². The van der Waals surface area contributed by atoms with Gasteiger partial charge in [-0.3, -0.25) is 14.4 Å². The molecule has 0 aromatic heterocycles. The van der Waals surface area contributed by atoms with Crippen molar-refractivity contribution in [1.29, 1.82) is 0 Å². The maximum atomic E-state index is 12.7. The predicted molar refractivity (Wildman–Crippen MR) is 86.3 cm³/mol. The number of carbonyl (C=O) groups is 4. The first-order valence-corrected chi connectivity index (χ1v) is 8.17. The van der Waals surface area contributed by atoms with E-state index in [1.807, 2.05) is 6.07 Å². The Morgan fingerprint density at radius 3 is 2.19 bits per heavy atom. The van der Waals surface area contributed by atoms with Crippen LogP contribution >= 0.6 is 0 Å². The van der Waals surface area contributed by atoms with Crippen LogP contribution in [0.25, 0.3) is 0 Å². The van der Waals surface area contributed by atoms with Crippen LogP contribution in [0.5, 0.6) is 0 Å². The molecule has 1 aromatic carbocycles. The number of rotatable bonds is 5. The molecule has 26 heavy (non-hydrogen) atoms. The zero-order valence-electron chi connectivity index (χ0n) is 14.4. The van der Waals surface area contributed by atoms with Crippen LogP contribution in [0, 0.1) is 11.8 Å². The molecule has 138 valence electrons. The van der Waals surface area contributed by atoms with Crippen molar-refractivity contribution in [2.45, 2.75) is 25.1 Å². The van der Waals surface area contributed by atoms with E-state index in [1.54, 1.807) is 24.3 Å². The van der Waals surface area contributed by atoms with Crippen molar-refractivity contribution in [3.8, 4) is 0 Å². The second-order valence-corrected chi connectivity index (χ2v) is 6.21. The fraction of sp³-hybridized carbons (Fsp3) is 0.444. The van der Waals surface area contributed by atoms with E-state index in [9.17, 15) is 19.2 Å². The number of hydrogen-bond donors (Lipinski definition) is 0. The number of β-lactam (4-membered cyclic amide) rings is 1. The lowest BCUT2D eigenvalue weighted by atomic mass is 9.85. The molecule has 8 nitrogen and oxygen atoms in total. The SMILES string of the molecule is COC(=O)[C@H]1[C@H](C(=O)OC)[C@@H](C(=O)OCc2ccccc2)N2C(=O)C[C@H]12. The lowest BCUT2D eigenvalue weighted by molar-refractivity contribution is -0.165. The molecule has 0 bridgehead atoms. The highest BCUT2D eigenvalue weighted by molar-refractivity contribution is 5.98. The summed E-state index contributed by atoms with van der Waals surface area (Å²) in [5, 5.41) is 0. The van der Waals surface area contributed by atoms with Gasteiger partial charge in [-0.1, -0.05) is 30.3 Å². The molecule has 8 heteroatoms. The standard InChI is InChI=1S/C18H19NO7/c1-24-16(21)13-11-8-12(20)19(11)15(14(13)17(22)25-2)18(23)26-9-10-6-4-3-5-7-10/h3-7,11,13-15H,8-9H2,1-2H3/t11-,13-,14+,15+/m1/s1. The third-order valence-electron chi connectivity index (χ3n) is 4.88. The molecule has 2 saturated heterocycles. The predicted octanol–water partition coefficient (Wildman–Crippen LogP) is 0.291. The van der Waals surface area contributed by atoms with Crippen molar-refractivity contribution < 1.29 is 33.4 Å². The van der Waals surface area contributed by atoms with E-state index < -0.39 is 41.8 Å². The van der Waals surface area contributed by atoms with E-state index in [0.29, 0.717) is 0 Å². The van der Waals surface area contributed by atoms with Crippen LogP contribution in [0.2, 0.25) is 0 Å². The van der Waals surface area contributed by atoms with E-state index in [4.69, 9.17) is 14.2 Å². The van der Waals surface area contributed by atoms with Crippen molar-refractivity contribution in [1.82, 2.24) is 4.90 Å². The molecule has 0 aliphatic carbocycles. The van der Waals surface area contributed by atoms with Crippen LogP contribution in [-0.2, 0) is 40.0 Å². The van der Waals surface area contributed by atoms with Crippen molar-refractivity contribution in [2.24, 2.45) is 11.8 Å². The molecule has 4 atom stereocenters. The number of hydrogen-bond acceptors (Lipinski definition) is 7. The third kappa shape index (κ3) is 2.91. The molecule has 0 unspecified atom stereocenters. The first-order valence-electron chi connectivity index (χ1n) is 8.17. The zero-order valence-corrected chi connectivity index (χ0v) is 14.4. The minimum Gasteiger partial charge on any atom is -0.469 e. The Hall–Kier alpha value is -2.90. The summed E-state index contributed by atoms with van der Waals surface area (Å²) < 4.78 is 14.8. The van der Waals surface area contributed by atoms with Gasteiger partial charge < -0.3 is 19.1 Å². The van der Waals surface area contributed by atoms with Crippen LogP contribution in [0.15, 0.2) is 30.3 Å². The molecule has 3 rings (SSSR count). The highest BCUT2D eigenvalue weighted by Gasteiger charge is 2.65. The summed E-state index contributed by atoms with van der Waals surface area (Å²) in [6, 6.07) is 7.26. The molecule has 2 aliphatic heterocycles. The van der Waals surface area contributed by atoms with Crippen molar-refractivity contribution in [2.75, 3.05) is 14.2 Å². The fourth-order valence-corrected chi connectivity index (χ4v) is 3.65. The molecule has 1 amide bonds. The maximum absolute atomic E-state index is 12.7. The Morgan fingerprint density at radius 2 is 1.62 bits per heavy atom. The number of ether oxygens (including phenoxy) is 3. The van der Waals surface area contributed by atoms with Gasteiger partial charge >= 0.3 is 17.9 Å². The van der Waals surface area contributed by atoms with Crippen LogP contribution in [0.4, 0.5) is 0 Å². The summed E-state index contributed by atoms with van der Waals surface area (Å²) >= 11 is 0. The van der Waals surface area contributed by atoms with Gasteiger partial charge in [0.25, 0.3) is 0 Å². The number of fused-ring (bicyclic) bond motifs is 1. The Kier molecular flexibility index (Phi) is 4.92. The van der Waals surface area contributed by atoms with E-state index in [2.05, 4.69) is 0 Å².